The fourth-order valence-electron chi connectivity index (χ4n) is 3.80. The Hall–Kier alpha value is -2.11. The van der Waals surface area contributed by atoms with Crippen LogP contribution < -0.4 is 5.73 Å². The number of rotatable bonds is 2. The van der Waals surface area contributed by atoms with Crippen molar-refractivity contribution in [1.82, 2.24) is 4.90 Å². The predicted octanol–water partition coefficient (Wildman–Crippen LogP) is 2.83. The lowest BCUT2D eigenvalue weighted by Crippen LogP contribution is -2.44. The van der Waals surface area contributed by atoms with Crippen LogP contribution in [0, 0.1) is 22.0 Å². The highest BCUT2D eigenvalue weighted by Gasteiger charge is 2.33. The Morgan fingerprint density at radius 1 is 1.23 bits per heavy atom. The van der Waals surface area contributed by atoms with Crippen LogP contribution >= 0.6 is 0 Å². The molecule has 1 amide bonds. The van der Waals surface area contributed by atoms with Gasteiger partial charge in [0.2, 0.25) is 0 Å². The number of likely N-dealkylation sites (tertiary alicyclic amines) is 1. The number of carbonyl (C=O) groups excluding carboxylic acids is 1. The summed E-state index contributed by atoms with van der Waals surface area (Å²) >= 11 is 0. The number of carbonyl (C=O) groups is 1. The topological polar surface area (TPSA) is 89.5 Å². The van der Waals surface area contributed by atoms with Crippen molar-refractivity contribution in [2.75, 3.05) is 18.8 Å². The van der Waals surface area contributed by atoms with Crippen LogP contribution in [0.5, 0.6) is 0 Å². The van der Waals surface area contributed by atoms with E-state index in [0.29, 0.717) is 11.5 Å². The maximum atomic E-state index is 12.6. The number of hydrogen-bond acceptors (Lipinski definition) is 4. The zero-order chi connectivity index (χ0) is 15.7. The van der Waals surface area contributed by atoms with E-state index in [1.807, 2.05) is 4.90 Å². The normalized spacial score (nSPS) is 24.6. The van der Waals surface area contributed by atoms with Crippen molar-refractivity contribution in [2.24, 2.45) is 11.8 Å². The summed E-state index contributed by atoms with van der Waals surface area (Å²) in [6.07, 6.45) is 6.07. The Balaban J connectivity index is 1.76. The van der Waals surface area contributed by atoms with Crippen LogP contribution in [0.1, 0.15) is 42.5 Å². The number of hydrogen-bond donors (Lipinski definition) is 1. The molecular weight excluding hydrogens is 282 g/mol. The number of nitro groups is 1. The van der Waals surface area contributed by atoms with Gasteiger partial charge in [0, 0.05) is 24.7 Å². The summed E-state index contributed by atoms with van der Waals surface area (Å²) in [6, 6.07) is 4.32. The minimum Gasteiger partial charge on any atom is -0.393 e. The molecule has 1 heterocycles. The van der Waals surface area contributed by atoms with Crippen LogP contribution in [-0.4, -0.2) is 28.8 Å². The largest absolute Gasteiger partial charge is 0.393 e. The lowest BCUT2D eigenvalue weighted by atomic mass is 9.75. The number of nitrogens with two attached hydrogens (primary N) is 1. The molecule has 1 aromatic rings. The van der Waals surface area contributed by atoms with Crippen LogP contribution in [-0.2, 0) is 0 Å². The number of piperidine rings is 1. The van der Waals surface area contributed by atoms with Crippen molar-refractivity contribution in [2.45, 2.75) is 32.1 Å². The van der Waals surface area contributed by atoms with E-state index in [0.717, 1.165) is 25.4 Å². The fraction of sp³-hybridized carbons (Fsp3) is 0.562. The molecule has 1 saturated carbocycles. The summed E-state index contributed by atoms with van der Waals surface area (Å²) < 4.78 is 0. The van der Waals surface area contributed by atoms with Crippen LogP contribution in [0.15, 0.2) is 18.2 Å². The first-order valence-corrected chi connectivity index (χ1v) is 7.89. The molecule has 0 spiro atoms. The minimum atomic E-state index is -0.542. The molecule has 22 heavy (non-hydrogen) atoms. The first kappa shape index (κ1) is 14.8. The van der Waals surface area contributed by atoms with Crippen molar-refractivity contribution in [1.29, 1.82) is 0 Å². The van der Waals surface area contributed by atoms with Gasteiger partial charge < -0.3 is 10.6 Å². The van der Waals surface area contributed by atoms with Crippen LogP contribution in [0.4, 0.5) is 11.4 Å². The molecule has 1 aromatic carbocycles. The van der Waals surface area contributed by atoms with Crippen molar-refractivity contribution in [3.8, 4) is 0 Å². The number of amides is 1. The van der Waals surface area contributed by atoms with Gasteiger partial charge in [-0.3, -0.25) is 14.9 Å². The Labute approximate surface area is 129 Å². The molecule has 6 heteroatoms. The third-order valence-electron chi connectivity index (χ3n) is 5.05. The van der Waals surface area contributed by atoms with Gasteiger partial charge >= 0.3 is 0 Å². The highest BCUT2D eigenvalue weighted by molar-refractivity contribution is 5.95. The molecule has 3 rings (SSSR count). The summed E-state index contributed by atoms with van der Waals surface area (Å²) in [5.74, 6) is 1.22. The molecule has 1 aliphatic carbocycles. The maximum absolute atomic E-state index is 12.6. The van der Waals surface area contributed by atoms with Gasteiger partial charge in [0.15, 0.2) is 0 Å². The zero-order valence-electron chi connectivity index (χ0n) is 12.5. The second kappa shape index (κ2) is 5.94. The standard InChI is InChI=1S/C16H21N3O3/c17-14-6-5-12(9-15(14)19(21)22)16(20)18-8-7-11-3-1-2-4-13(11)10-18/h5-6,9,11,13H,1-4,7-8,10,17H2. The lowest BCUT2D eigenvalue weighted by molar-refractivity contribution is -0.383. The van der Waals surface area contributed by atoms with E-state index in [1.165, 1.54) is 37.8 Å². The van der Waals surface area contributed by atoms with Crippen molar-refractivity contribution in [3.05, 3.63) is 33.9 Å². The van der Waals surface area contributed by atoms with Gasteiger partial charge in [0.05, 0.1) is 4.92 Å². The molecule has 2 N–H and O–H groups in total. The van der Waals surface area contributed by atoms with Crippen molar-refractivity contribution in [3.63, 3.8) is 0 Å². The first-order chi connectivity index (χ1) is 10.6. The Morgan fingerprint density at radius 3 is 2.68 bits per heavy atom. The molecule has 0 radical (unpaired) electrons. The molecule has 1 aliphatic heterocycles. The molecule has 0 aromatic heterocycles. The van der Waals surface area contributed by atoms with E-state index in [9.17, 15) is 14.9 Å². The van der Waals surface area contributed by atoms with E-state index in [2.05, 4.69) is 0 Å². The zero-order valence-corrected chi connectivity index (χ0v) is 12.5. The van der Waals surface area contributed by atoms with E-state index in [-0.39, 0.29) is 17.3 Å². The van der Waals surface area contributed by atoms with Gasteiger partial charge in [-0.25, -0.2) is 0 Å². The van der Waals surface area contributed by atoms with Crippen LogP contribution in [0.25, 0.3) is 0 Å². The molecule has 2 atom stereocenters. The second-order valence-corrected chi connectivity index (χ2v) is 6.38. The second-order valence-electron chi connectivity index (χ2n) is 6.38. The summed E-state index contributed by atoms with van der Waals surface area (Å²) in [5.41, 5.74) is 5.84. The quantitative estimate of drug-likeness (QED) is 0.517. The molecule has 2 unspecified atom stereocenters. The summed E-state index contributed by atoms with van der Waals surface area (Å²) in [5, 5.41) is 11.0. The van der Waals surface area contributed by atoms with Crippen molar-refractivity contribution < 1.29 is 9.72 Å². The lowest BCUT2D eigenvalue weighted by Gasteiger charge is -2.41. The Kier molecular flexibility index (Phi) is 4.00. The summed E-state index contributed by atoms with van der Waals surface area (Å²) in [4.78, 5) is 24.9. The number of fused-ring (bicyclic) bond motifs is 1. The molecule has 2 aliphatic rings. The van der Waals surface area contributed by atoms with E-state index < -0.39 is 4.92 Å². The number of nitrogens with zero attached hydrogens (tertiary/aromatic N) is 2. The molecule has 118 valence electrons. The van der Waals surface area contributed by atoms with Gasteiger partial charge in [-0.05, 0) is 36.8 Å². The number of anilines is 1. The van der Waals surface area contributed by atoms with Gasteiger partial charge in [-0.1, -0.05) is 19.3 Å². The summed E-state index contributed by atoms with van der Waals surface area (Å²) in [7, 11) is 0. The smallest absolute Gasteiger partial charge is 0.292 e. The third-order valence-corrected chi connectivity index (χ3v) is 5.05. The number of nitrogen functional groups attached to an aromatic ring is 1. The molecular formula is C16H21N3O3. The summed E-state index contributed by atoms with van der Waals surface area (Å²) in [6.45, 7) is 1.53. The molecule has 2 fully saturated rings. The highest BCUT2D eigenvalue weighted by atomic mass is 16.6. The van der Waals surface area contributed by atoms with Crippen LogP contribution in [0.2, 0.25) is 0 Å². The monoisotopic (exact) mass is 303 g/mol. The average molecular weight is 303 g/mol. The maximum Gasteiger partial charge on any atom is 0.292 e. The van der Waals surface area contributed by atoms with E-state index in [1.54, 1.807) is 6.07 Å². The van der Waals surface area contributed by atoms with E-state index in [4.69, 9.17) is 5.73 Å². The first-order valence-electron chi connectivity index (χ1n) is 7.89. The number of benzene rings is 1. The molecule has 0 bridgehead atoms. The highest BCUT2D eigenvalue weighted by Crippen LogP contribution is 2.36. The number of nitro benzene ring substituents is 1. The average Bonchev–Trinajstić information content (AvgIpc) is 2.54. The van der Waals surface area contributed by atoms with E-state index >= 15 is 0 Å². The minimum absolute atomic E-state index is 0.0903. The Bertz CT molecular complexity index is 602. The van der Waals surface area contributed by atoms with Gasteiger partial charge in [-0.15, -0.1) is 0 Å². The fourth-order valence-corrected chi connectivity index (χ4v) is 3.80. The Morgan fingerprint density at radius 2 is 1.95 bits per heavy atom. The molecule has 6 nitrogen and oxygen atoms in total. The van der Waals surface area contributed by atoms with Crippen molar-refractivity contribution >= 4 is 17.3 Å². The third kappa shape index (κ3) is 2.77. The van der Waals surface area contributed by atoms with Crippen LogP contribution in [0.3, 0.4) is 0 Å². The van der Waals surface area contributed by atoms with Gasteiger partial charge in [0.1, 0.15) is 5.69 Å². The van der Waals surface area contributed by atoms with Gasteiger partial charge in [-0.2, -0.15) is 0 Å². The molecule has 1 saturated heterocycles. The SMILES string of the molecule is Nc1ccc(C(=O)N2CCC3CCCCC3C2)cc1[N+](=O)[O-]. The van der Waals surface area contributed by atoms with Gasteiger partial charge in [0.25, 0.3) is 11.6 Å². The predicted molar refractivity (Wildman–Crippen MR) is 83.5 cm³/mol.